The fourth-order valence-electron chi connectivity index (χ4n) is 1.52. The van der Waals surface area contributed by atoms with Crippen molar-refractivity contribution in [3.63, 3.8) is 0 Å². The summed E-state index contributed by atoms with van der Waals surface area (Å²) in [4.78, 5) is 11.6. The second-order valence-corrected chi connectivity index (χ2v) is 4.40. The molecule has 1 rings (SSSR count). The number of nitrogens with one attached hydrogen (secondary N) is 1. The summed E-state index contributed by atoms with van der Waals surface area (Å²) in [6.45, 7) is 4.06. The number of amides is 1. The Morgan fingerprint density at radius 3 is 2.75 bits per heavy atom. The minimum Gasteiger partial charge on any atom is -0.326 e. The summed E-state index contributed by atoms with van der Waals surface area (Å²) in [5.74, 6) is 0.0823. The molecular formula is C13H18ClNO. The summed E-state index contributed by atoms with van der Waals surface area (Å²) in [5, 5.41) is 3.59. The summed E-state index contributed by atoms with van der Waals surface area (Å²) in [7, 11) is 0. The summed E-state index contributed by atoms with van der Waals surface area (Å²) in [6, 6.07) is 5.48. The minimum atomic E-state index is 0.0823. The van der Waals surface area contributed by atoms with Crippen LogP contribution in [0.4, 0.5) is 5.69 Å². The minimum absolute atomic E-state index is 0.0823. The molecular weight excluding hydrogens is 222 g/mol. The Morgan fingerprint density at radius 1 is 1.38 bits per heavy atom. The van der Waals surface area contributed by atoms with E-state index in [9.17, 15) is 4.79 Å². The number of carbonyl (C=O) groups is 1. The van der Waals surface area contributed by atoms with E-state index in [2.05, 4.69) is 12.2 Å². The molecule has 0 heterocycles. The van der Waals surface area contributed by atoms with Crippen molar-refractivity contribution in [2.75, 3.05) is 5.32 Å². The van der Waals surface area contributed by atoms with E-state index < -0.39 is 0 Å². The summed E-state index contributed by atoms with van der Waals surface area (Å²) in [6.07, 6.45) is 3.78. The van der Waals surface area contributed by atoms with Crippen LogP contribution in [0.25, 0.3) is 0 Å². The highest BCUT2D eigenvalue weighted by Gasteiger charge is 2.04. The maximum Gasteiger partial charge on any atom is 0.224 e. The summed E-state index contributed by atoms with van der Waals surface area (Å²) < 4.78 is 0. The highest BCUT2D eigenvalue weighted by Crippen LogP contribution is 2.19. The number of hydrogen-bond donors (Lipinski definition) is 1. The van der Waals surface area contributed by atoms with Crippen LogP contribution < -0.4 is 5.32 Å². The average Bonchev–Trinajstić information content (AvgIpc) is 2.23. The molecule has 0 atom stereocenters. The Labute approximate surface area is 102 Å². The molecule has 88 valence electrons. The number of carbonyl (C=O) groups excluding carboxylic acids is 1. The normalized spacial score (nSPS) is 10.2. The summed E-state index contributed by atoms with van der Waals surface area (Å²) >= 11 is 5.84. The standard InChI is InChI=1S/C13H18ClNO/c1-3-4-5-6-13(16)15-12-8-7-11(14)9-10(12)2/h7-9H,3-6H2,1-2H3,(H,15,16). The summed E-state index contributed by atoms with van der Waals surface area (Å²) in [5.41, 5.74) is 1.85. The first-order valence-electron chi connectivity index (χ1n) is 5.69. The first-order chi connectivity index (χ1) is 7.63. The predicted octanol–water partition coefficient (Wildman–Crippen LogP) is 4.17. The van der Waals surface area contributed by atoms with Gasteiger partial charge in [0, 0.05) is 17.1 Å². The second-order valence-electron chi connectivity index (χ2n) is 3.96. The zero-order valence-electron chi connectivity index (χ0n) is 9.85. The Bertz CT molecular complexity index is 363. The Hall–Kier alpha value is -1.02. The molecule has 0 aliphatic carbocycles. The van der Waals surface area contributed by atoms with Crippen molar-refractivity contribution in [2.45, 2.75) is 39.5 Å². The van der Waals surface area contributed by atoms with E-state index >= 15 is 0 Å². The van der Waals surface area contributed by atoms with Crippen molar-refractivity contribution in [1.82, 2.24) is 0 Å². The van der Waals surface area contributed by atoms with Crippen LogP contribution in [0.1, 0.15) is 38.2 Å². The average molecular weight is 240 g/mol. The zero-order chi connectivity index (χ0) is 12.0. The smallest absolute Gasteiger partial charge is 0.224 e. The molecule has 16 heavy (non-hydrogen) atoms. The molecule has 1 N–H and O–H groups in total. The third kappa shape index (κ3) is 4.23. The highest BCUT2D eigenvalue weighted by atomic mass is 35.5. The van der Waals surface area contributed by atoms with Crippen molar-refractivity contribution in [1.29, 1.82) is 0 Å². The number of halogens is 1. The van der Waals surface area contributed by atoms with Gasteiger partial charge in [0.05, 0.1) is 0 Å². The molecule has 0 aromatic heterocycles. The van der Waals surface area contributed by atoms with E-state index in [4.69, 9.17) is 11.6 Å². The number of rotatable bonds is 5. The molecule has 0 saturated heterocycles. The van der Waals surface area contributed by atoms with Crippen LogP contribution in [0.2, 0.25) is 5.02 Å². The largest absolute Gasteiger partial charge is 0.326 e. The van der Waals surface area contributed by atoms with Crippen LogP contribution in [-0.4, -0.2) is 5.91 Å². The van der Waals surface area contributed by atoms with Gasteiger partial charge in [-0.15, -0.1) is 0 Å². The van der Waals surface area contributed by atoms with Crippen molar-refractivity contribution >= 4 is 23.2 Å². The van der Waals surface area contributed by atoms with Crippen molar-refractivity contribution in [2.24, 2.45) is 0 Å². The lowest BCUT2D eigenvalue weighted by Gasteiger charge is -2.08. The van der Waals surface area contributed by atoms with Gasteiger partial charge in [0.1, 0.15) is 0 Å². The molecule has 1 aromatic carbocycles. The molecule has 3 heteroatoms. The number of hydrogen-bond acceptors (Lipinski definition) is 1. The quantitative estimate of drug-likeness (QED) is 0.768. The van der Waals surface area contributed by atoms with Crippen molar-refractivity contribution in [3.05, 3.63) is 28.8 Å². The van der Waals surface area contributed by atoms with Gasteiger partial charge < -0.3 is 5.32 Å². The van der Waals surface area contributed by atoms with E-state index in [-0.39, 0.29) is 5.91 Å². The van der Waals surface area contributed by atoms with E-state index in [1.54, 1.807) is 6.07 Å². The zero-order valence-corrected chi connectivity index (χ0v) is 10.6. The molecule has 0 spiro atoms. The Morgan fingerprint density at radius 2 is 2.12 bits per heavy atom. The number of unbranched alkanes of at least 4 members (excludes halogenated alkanes) is 2. The van der Waals surface area contributed by atoms with Crippen LogP contribution in [0, 0.1) is 6.92 Å². The monoisotopic (exact) mass is 239 g/mol. The molecule has 0 aliphatic heterocycles. The fourth-order valence-corrected chi connectivity index (χ4v) is 1.74. The van der Waals surface area contributed by atoms with E-state index in [0.717, 1.165) is 30.5 Å². The first-order valence-corrected chi connectivity index (χ1v) is 6.07. The van der Waals surface area contributed by atoms with Crippen LogP contribution in [0.3, 0.4) is 0 Å². The molecule has 0 saturated carbocycles. The molecule has 2 nitrogen and oxygen atoms in total. The van der Waals surface area contributed by atoms with E-state index in [1.165, 1.54) is 0 Å². The van der Waals surface area contributed by atoms with E-state index in [0.29, 0.717) is 11.4 Å². The molecule has 1 amide bonds. The molecule has 0 aliphatic rings. The highest BCUT2D eigenvalue weighted by molar-refractivity contribution is 6.30. The lowest BCUT2D eigenvalue weighted by atomic mass is 10.1. The van der Waals surface area contributed by atoms with Gasteiger partial charge in [-0.05, 0) is 37.1 Å². The lowest BCUT2D eigenvalue weighted by Crippen LogP contribution is -2.11. The van der Waals surface area contributed by atoms with Gasteiger partial charge in [-0.25, -0.2) is 0 Å². The third-order valence-electron chi connectivity index (χ3n) is 2.47. The molecule has 1 aromatic rings. The van der Waals surface area contributed by atoms with Crippen molar-refractivity contribution < 1.29 is 4.79 Å². The van der Waals surface area contributed by atoms with Gasteiger partial charge in [-0.3, -0.25) is 4.79 Å². The predicted molar refractivity (Wildman–Crippen MR) is 69.0 cm³/mol. The van der Waals surface area contributed by atoms with Gasteiger partial charge in [0.25, 0.3) is 0 Å². The van der Waals surface area contributed by atoms with Gasteiger partial charge in [-0.1, -0.05) is 31.4 Å². The number of aryl methyl sites for hydroxylation is 1. The number of benzene rings is 1. The Balaban J connectivity index is 2.49. The number of anilines is 1. The van der Waals surface area contributed by atoms with Gasteiger partial charge in [0.15, 0.2) is 0 Å². The topological polar surface area (TPSA) is 29.1 Å². The van der Waals surface area contributed by atoms with Gasteiger partial charge >= 0.3 is 0 Å². The lowest BCUT2D eigenvalue weighted by molar-refractivity contribution is -0.116. The van der Waals surface area contributed by atoms with Gasteiger partial charge in [0.2, 0.25) is 5.91 Å². The van der Waals surface area contributed by atoms with Crippen LogP contribution in [0.15, 0.2) is 18.2 Å². The van der Waals surface area contributed by atoms with Crippen molar-refractivity contribution in [3.8, 4) is 0 Å². The second kappa shape index (κ2) is 6.54. The van der Waals surface area contributed by atoms with Crippen LogP contribution in [0.5, 0.6) is 0 Å². The molecule has 0 bridgehead atoms. The maximum atomic E-state index is 11.6. The van der Waals surface area contributed by atoms with Crippen LogP contribution in [-0.2, 0) is 4.79 Å². The molecule has 0 fully saturated rings. The SMILES string of the molecule is CCCCCC(=O)Nc1ccc(Cl)cc1C. The maximum absolute atomic E-state index is 11.6. The van der Waals surface area contributed by atoms with E-state index in [1.807, 2.05) is 19.1 Å². The third-order valence-corrected chi connectivity index (χ3v) is 2.71. The first kappa shape index (κ1) is 13.0. The van der Waals surface area contributed by atoms with Crippen LogP contribution >= 0.6 is 11.6 Å². The Kier molecular flexibility index (Phi) is 5.33. The van der Waals surface area contributed by atoms with Gasteiger partial charge in [-0.2, -0.15) is 0 Å². The molecule has 0 unspecified atom stereocenters. The fraction of sp³-hybridized carbons (Fsp3) is 0.462. The molecule has 0 radical (unpaired) electrons.